The Morgan fingerprint density at radius 1 is 1.00 bits per heavy atom. The summed E-state index contributed by atoms with van der Waals surface area (Å²) in [5.74, 6) is -1.29. The Balaban J connectivity index is 1.47. The third-order valence-corrected chi connectivity index (χ3v) is 6.53. The zero-order valence-corrected chi connectivity index (χ0v) is 21.6. The molecule has 1 amide bonds. The summed E-state index contributed by atoms with van der Waals surface area (Å²) in [6.07, 6.45) is 3.55. The molecule has 10 heteroatoms. The number of anilines is 1. The van der Waals surface area contributed by atoms with Crippen molar-refractivity contribution >= 4 is 33.7 Å². The maximum atomic E-state index is 12.5. The van der Waals surface area contributed by atoms with E-state index >= 15 is 0 Å². The Labute approximate surface area is 220 Å². The fourth-order valence-corrected chi connectivity index (χ4v) is 4.07. The summed E-state index contributed by atoms with van der Waals surface area (Å²) in [4.78, 5) is 24.9. The second-order valence-electron chi connectivity index (χ2n) is 8.55. The zero-order valence-electron chi connectivity index (χ0n) is 20.7. The van der Waals surface area contributed by atoms with Crippen molar-refractivity contribution < 1.29 is 22.7 Å². The third kappa shape index (κ3) is 6.61. The minimum atomic E-state index is -3.84. The molecule has 0 fully saturated rings. The molecule has 4 aromatic rings. The van der Waals surface area contributed by atoms with Crippen LogP contribution in [0.25, 0.3) is 23.0 Å². The summed E-state index contributed by atoms with van der Waals surface area (Å²) in [6.45, 7) is 3.44. The van der Waals surface area contributed by atoms with Crippen LogP contribution in [0.2, 0.25) is 0 Å². The van der Waals surface area contributed by atoms with Gasteiger partial charge in [0, 0.05) is 29.1 Å². The lowest BCUT2D eigenvalue weighted by Crippen LogP contribution is -2.29. The molecule has 38 heavy (non-hydrogen) atoms. The van der Waals surface area contributed by atoms with E-state index in [9.17, 15) is 18.0 Å². The van der Waals surface area contributed by atoms with Gasteiger partial charge in [-0.15, -0.1) is 0 Å². The molecule has 1 aromatic heterocycles. The minimum absolute atomic E-state index is 0.0827. The van der Waals surface area contributed by atoms with Gasteiger partial charge in [0.2, 0.25) is 10.0 Å². The number of carbonyl (C=O) groups is 2. The molecule has 1 unspecified atom stereocenters. The van der Waals surface area contributed by atoms with Crippen LogP contribution in [0.5, 0.6) is 0 Å². The highest BCUT2D eigenvalue weighted by Crippen LogP contribution is 2.25. The standard InChI is InChI=1S/C28H26N4O5S/c1-19-8-10-21(11-9-19)27-22(18-32(31-27)24-6-4-3-5-7-24)12-17-26(33)37-20(2)28(34)30-23-13-15-25(16-14-23)38(29,35)36/h3-18,20H,1-2H3,(H,30,34)(H2,29,35,36)/b17-12+. The average Bonchev–Trinajstić information content (AvgIpc) is 3.32. The number of hydrogen-bond acceptors (Lipinski definition) is 6. The maximum Gasteiger partial charge on any atom is 0.331 e. The van der Waals surface area contributed by atoms with E-state index in [0.717, 1.165) is 16.8 Å². The van der Waals surface area contributed by atoms with Gasteiger partial charge in [-0.3, -0.25) is 4.79 Å². The molecule has 0 saturated carbocycles. The quantitative estimate of drug-likeness (QED) is 0.261. The van der Waals surface area contributed by atoms with Gasteiger partial charge in [0.05, 0.1) is 16.3 Å². The Kier molecular flexibility index (Phi) is 7.85. The molecule has 0 aliphatic rings. The van der Waals surface area contributed by atoms with Crippen molar-refractivity contribution in [1.82, 2.24) is 9.78 Å². The maximum absolute atomic E-state index is 12.5. The zero-order chi connectivity index (χ0) is 27.3. The topological polar surface area (TPSA) is 133 Å². The van der Waals surface area contributed by atoms with Gasteiger partial charge in [0.1, 0.15) is 0 Å². The van der Waals surface area contributed by atoms with E-state index in [1.165, 1.54) is 37.3 Å². The number of carbonyl (C=O) groups excluding carboxylic acids is 2. The monoisotopic (exact) mass is 530 g/mol. The molecule has 3 aromatic carbocycles. The number of esters is 1. The number of para-hydroxylation sites is 1. The first-order valence-electron chi connectivity index (χ1n) is 11.6. The Morgan fingerprint density at radius 3 is 2.29 bits per heavy atom. The predicted octanol–water partition coefficient (Wildman–Crippen LogP) is 4.08. The highest BCUT2D eigenvalue weighted by atomic mass is 32.2. The molecule has 4 rings (SSSR count). The largest absolute Gasteiger partial charge is 0.449 e. The van der Waals surface area contributed by atoms with Crippen LogP contribution in [0.1, 0.15) is 18.1 Å². The number of nitrogens with one attached hydrogen (secondary N) is 1. The number of aryl methyl sites for hydroxylation is 1. The molecule has 9 nitrogen and oxygen atoms in total. The van der Waals surface area contributed by atoms with E-state index in [1.807, 2.05) is 67.7 Å². The number of aromatic nitrogens is 2. The van der Waals surface area contributed by atoms with Crippen LogP contribution in [-0.4, -0.2) is 36.2 Å². The first kappa shape index (κ1) is 26.5. The van der Waals surface area contributed by atoms with Crippen molar-refractivity contribution in [2.75, 3.05) is 5.32 Å². The first-order valence-corrected chi connectivity index (χ1v) is 13.2. The van der Waals surface area contributed by atoms with Crippen LogP contribution in [0.15, 0.2) is 96.0 Å². The van der Waals surface area contributed by atoms with E-state index in [-0.39, 0.29) is 4.90 Å². The number of ether oxygens (including phenoxy) is 1. The van der Waals surface area contributed by atoms with Crippen molar-refractivity contribution in [1.29, 1.82) is 0 Å². The Hall–Kier alpha value is -4.54. The lowest BCUT2D eigenvalue weighted by Gasteiger charge is -2.12. The predicted molar refractivity (Wildman–Crippen MR) is 145 cm³/mol. The van der Waals surface area contributed by atoms with Gasteiger partial charge in [-0.25, -0.2) is 23.0 Å². The normalized spacial score (nSPS) is 12.3. The number of benzene rings is 3. The molecule has 0 radical (unpaired) electrons. The molecule has 0 saturated heterocycles. The summed E-state index contributed by atoms with van der Waals surface area (Å²) < 4.78 is 29.7. The Morgan fingerprint density at radius 2 is 1.66 bits per heavy atom. The van der Waals surface area contributed by atoms with Gasteiger partial charge in [0.25, 0.3) is 5.91 Å². The summed E-state index contributed by atoms with van der Waals surface area (Å²) in [7, 11) is -3.84. The van der Waals surface area contributed by atoms with Gasteiger partial charge in [-0.1, -0.05) is 48.0 Å². The van der Waals surface area contributed by atoms with Gasteiger partial charge in [-0.05, 0) is 56.3 Å². The Bertz CT molecular complexity index is 1580. The number of sulfonamides is 1. The number of nitrogens with two attached hydrogens (primary N) is 1. The fraction of sp³-hybridized carbons (Fsp3) is 0.107. The molecule has 0 spiro atoms. The van der Waals surface area contributed by atoms with E-state index in [1.54, 1.807) is 10.8 Å². The molecule has 0 bridgehead atoms. The second-order valence-corrected chi connectivity index (χ2v) is 10.1. The summed E-state index contributed by atoms with van der Waals surface area (Å²) >= 11 is 0. The summed E-state index contributed by atoms with van der Waals surface area (Å²) in [5, 5.41) is 12.4. The molecule has 0 aliphatic heterocycles. The fourth-order valence-electron chi connectivity index (χ4n) is 3.55. The molecule has 194 valence electrons. The number of primary sulfonamides is 1. The molecule has 3 N–H and O–H groups in total. The second kappa shape index (κ2) is 11.2. The van der Waals surface area contributed by atoms with Crippen molar-refractivity contribution in [3.63, 3.8) is 0 Å². The van der Waals surface area contributed by atoms with Gasteiger partial charge >= 0.3 is 5.97 Å². The average molecular weight is 531 g/mol. The van der Waals surface area contributed by atoms with Crippen molar-refractivity contribution in [2.45, 2.75) is 24.8 Å². The lowest BCUT2D eigenvalue weighted by molar-refractivity contribution is -0.148. The lowest BCUT2D eigenvalue weighted by atomic mass is 10.1. The molecular weight excluding hydrogens is 504 g/mol. The van der Waals surface area contributed by atoms with Crippen LogP contribution in [-0.2, 0) is 24.3 Å². The first-order chi connectivity index (χ1) is 18.1. The molecule has 0 aliphatic carbocycles. The van der Waals surface area contributed by atoms with Crippen molar-refractivity contribution in [3.8, 4) is 16.9 Å². The van der Waals surface area contributed by atoms with Crippen molar-refractivity contribution in [2.24, 2.45) is 5.14 Å². The minimum Gasteiger partial charge on any atom is -0.449 e. The molecule has 1 atom stereocenters. The van der Waals surface area contributed by atoms with E-state index < -0.39 is 28.0 Å². The third-order valence-electron chi connectivity index (χ3n) is 5.60. The highest BCUT2D eigenvalue weighted by Gasteiger charge is 2.18. The van der Waals surface area contributed by atoms with Gasteiger partial charge < -0.3 is 10.1 Å². The molecular formula is C28H26N4O5S. The van der Waals surface area contributed by atoms with E-state index in [4.69, 9.17) is 15.0 Å². The highest BCUT2D eigenvalue weighted by molar-refractivity contribution is 7.89. The van der Waals surface area contributed by atoms with Crippen LogP contribution in [0, 0.1) is 6.92 Å². The number of rotatable bonds is 8. The van der Waals surface area contributed by atoms with Crippen molar-refractivity contribution in [3.05, 3.63) is 102 Å². The number of amides is 1. The van der Waals surface area contributed by atoms with Crippen LogP contribution in [0.4, 0.5) is 5.69 Å². The number of hydrogen-bond donors (Lipinski definition) is 2. The van der Waals surface area contributed by atoms with Crippen LogP contribution < -0.4 is 10.5 Å². The van der Waals surface area contributed by atoms with E-state index in [2.05, 4.69) is 5.32 Å². The number of nitrogens with zero attached hydrogens (tertiary/aromatic N) is 2. The summed E-state index contributed by atoms with van der Waals surface area (Å²) in [6, 6.07) is 22.8. The van der Waals surface area contributed by atoms with E-state index in [0.29, 0.717) is 16.9 Å². The summed E-state index contributed by atoms with van der Waals surface area (Å²) in [5.41, 5.74) is 4.58. The smallest absolute Gasteiger partial charge is 0.331 e. The van der Waals surface area contributed by atoms with Gasteiger partial charge in [-0.2, -0.15) is 5.10 Å². The van der Waals surface area contributed by atoms with Crippen LogP contribution >= 0.6 is 0 Å². The SMILES string of the molecule is Cc1ccc(-c2nn(-c3ccccc3)cc2/C=C/C(=O)OC(C)C(=O)Nc2ccc(S(N)(=O)=O)cc2)cc1. The van der Waals surface area contributed by atoms with Crippen LogP contribution in [0.3, 0.4) is 0 Å². The molecule has 1 heterocycles. The van der Waals surface area contributed by atoms with Gasteiger partial charge in [0.15, 0.2) is 6.10 Å².